The molecular weight excluding hydrogens is 344 g/mol. The van der Waals surface area contributed by atoms with Crippen LogP contribution in [0, 0.1) is 5.92 Å². The monoisotopic (exact) mass is 364 g/mol. The van der Waals surface area contributed by atoms with Crippen LogP contribution in [0.4, 0.5) is 5.69 Å². The van der Waals surface area contributed by atoms with Crippen LogP contribution in [0.3, 0.4) is 0 Å². The molecule has 2 heterocycles. The summed E-state index contributed by atoms with van der Waals surface area (Å²) in [5, 5.41) is 0.603. The molecule has 0 saturated heterocycles. The van der Waals surface area contributed by atoms with E-state index in [0.29, 0.717) is 18.0 Å². The first kappa shape index (κ1) is 17.2. The van der Waals surface area contributed by atoms with Gasteiger partial charge in [0.25, 0.3) is 0 Å². The highest BCUT2D eigenvalue weighted by atomic mass is 35.5. The third-order valence-corrected chi connectivity index (χ3v) is 6.43. The third kappa shape index (κ3) is 4.08. The summed E-state index contributed by atoms with van der Waals surface area (Å²) < 4.78 is 24.1. The van der Waals surface area contributed by atoms with Gasteiger partial charge < -0.3 is 4.90 Å². The van der Waals surface area contributed by atoms with E-state index >= 15 is 0 Å². The van der Waals surface area contributed by atoms with E-state index in [1.54, 1.807) is 13.1 Å². The lowest BCUT2D eigenvalue weighted by molar-refractivity contribution is 0.509. The molecule has 0 fully saturated rings. The Morgan fingerprint density at radius 3 is 2.75 bits per heavy atom. The van der Waals surface area contributed by atoms with E-state index in [-0.39, 0.29) is 17.4 Å². The normalized spacial score (nSPS) is 17.6. The molecule has 3 rings (SSSR count). The van der Waals surface area contributed by atoms with Crippen molar-refractivity contribution in [3.8, 4) is 0 Å². The molecule has 2 aromatic rings. The second kappa shape index (κ2) is 7.11. The minimum atomic E-state index is -3.01. The van der Waals surface area contributed by atoms with Crippen molar-refractivity contribution < 1.29 is 8.42 Å². The summed E-state index contributed by atoms with van der Waals surface area (Å²) in [6.45, 7) is 3.12. The lowest BCUT2D eigenvalue weighted by atomic mass is 9.97. The maximum absolute atomic E-state index is 12.0. The topological polar surface area (TPSA) is 50.3 Å². The van der Waals surface area contributed by atoms with Gasteiger partial charge in [0.05, 0.1) is 22.2 Å². The first-order chi connectivity index (χ1) is 11.5. The van der Waals surface area contributed by atoms with Crippen LogP contribution in [-0.2, 0) is 22.8 Å². The summed E-state index contributed by atoms with van der Waals surface area (Å²) >= 11 is 6.13. The third-order valence-electron chi connectivity index (χ3n) is 4.36. The number of rotatable bonds is 5. The summed E-state index contributed by atoms with van der Waals surface area (Å²) in [5.74, 6) is 0.446. The predicted octanol–water partition coefficient (Wildman–Crippen LogP) is 3.35. The summed E-state index contributed by atoms with van der Waals surface area (Å²) in [6, 6.07) is 12.1. The van der Waals surface area contributed by atoms with Gasteiger partial charge in [0, 0.05) is 25.0 Å². The molecule has 1 aliphatic rings. The van der Waals surface area contributed by atoms with Gasteiger partial charge in [-0.05, 0) is 24.0 Å². The highest BCUT2D eigenvalue weighted by Crippen LogP contribution is 2.32. The van der Waals surface area contributed by atoms with Crippen LogP contribution in [0.5, 0.6) is 0 Å². The van der Waals surface area contributed by atoms with Crippen LogP contribution in [0.25, 0.3) is 0 Å². The van der Waals surface area contributed by atoms with Crippen molar-refractivity contribution in [2.45, 2.75) is 19.9 Å². The first-order valence-electron chi connectivity index (χ1n) is 8.10. The number of hydrogen-bond acceptors (Lipinski definition) is 4. The molecule has 1 aromatic carbocycles. The number of halogens is 1. The van der Waals surface area contributed by atoms with Crippen LogP contribution in [0.1, 0.15) is 18.2 Å². The molecule has 0 spiro atoms. The Morgan fingerprint density at radius 1 is 1.29 bits per heavy atom. The fourth-order valence-corrected chi connectivity index (χ4v) is 4.51. The van der Waals surface area contributed by atoms with Crippen molar-refractivity contribution in [3.05, 3.63) is 58.9 Å². The van der Waals surface area contributed by atoms with Crippen molar-refractivity contribution in [2.75, 3.05) is 23.0 Å². The summed E-state index contributed by atoms with van der Waals surface area (Å²) in [4.78, 5) is 6.65. The van der Waals surface area contributed by atoms with E-state index in [9.17, 15) is 8.42 Å². The molecule has 1 atom stereocenters. The van der Waals surface area contributed by atoms with Gasteiger partial charge in [0.15, 0.2) is 0 Å². The number of nitrogens with zero attached hydrogens (tertiary/aromatic N) is 2. The molecule has 24 heavy (non-hydrogen) atoms. The molecule has 0 N–H and O–H groups in total. The number of sulfone groups is 1. The predicted molar refractivity (Wildman–Crippen MR) is 98.3 cm³/mol. The van der Waals surface area contributed by atoms with Gasteiger partial charge in [0.1, 0.15) is 9.84 Å². The van der Waals surface area contributed by atoms with Crippen LogP contribution in [0.15, 0.2) is 42.6 Å². The van der Waals surface area contributed by atoms with Crippen molar-refractivity contribution in [1.29, 1.82) is 0 Å². The Hall–Kier alpha value is -1.59. The lowest BCUT2D eigenvalue weighted by Crippen LogP contribution is -2.38. The van der Waals surface area contributed by atoms with Gasteiger partial charge >= 0.3 is 0 Å². The maximum Gasteiger partial charge on any atom is 0.150 e. The number of fused-ring (bicyclic) bond motifs is 1. The Kier molecular flexibility index (Phi) is 5.11. The molecular formula is C18H21ClN2O2S. The van der Waals surface area contributed by atoms with Gasteiger partial charge in [-0.3, -0.25) is 4.98 Å². The molecule has 4 nitrogen and oxygen atoms in total. The minimum absolute atomic E-state index is 0.0554. The number of benzene rings is 1. The zero-order valence-electron chi connectivity index (χ0n) is 13.7. The Bertz CT molecular complexity index is 809. The number of pyridine rings is 1. The zero-order chi connectivity index (χ0) is 17.2. The fraction of sp³-hybridized carbons (Fsp3) is 0.389. The molecule has 1 aromatic heterocycles. The zero-order valence-corrected chi connectivity index (χ0v) is 15.2. The summed E-state index contributed by atoms with van der Waals surface area (Å²) in [5.41, 5.74) is 3.12. The van der Waals surface area contributed by atoms with Crippen molar-refractivity contribution in [3.63, 3.8) is 0 Å². The molecule has 0 saturated carbocycles. The van der Waals surface area contributed by atoms with Gasteiger partial charge in [-0.25, -0.2) is 8.42 Å². The van der Waals surface area contributed by atoms with E-state index < -0.39 is 9.84 Å². The quantitative estimate of drug-likeness (QED) is 0.816. The molecule has 128 valence electrons. The average molecular weight is 365 g/mol. The summed E-state index contributed by atoms with van der Waals surface area (Å²) in [7, 11) is -3.01. The van der Waals surface area contributed by atoms with E-state index in [4.69, 9.17) is 11.6 Å². The standard InChI is InChI=1S/C18H21ClN2O2S/c1-2-24(22,23)13-15-8-17-18(9-16(19)10-20-17)21(12-15)11-14-6-4-3-5-7-14/h3-7,9-10,15H,2,8,11-13H2,1H3/t15-/m0/s1. The largest absolute Gasteiger partial charge is 0.365 e. The first-order valence-corrected chi connectivity index (χ1v) is 10.3. The molecule has 0 aliphatic carbocycles. The number of anilines is 1. The van der Waals surface area contributed by atoms with Crippen LogP contribution < -0.4 is 4.90 Å². The molecule has 0 unspecified atom stereocenters. The molecule has 6 heteroatoms. The average Bonchev–Trinajstić information content (AvgIpc) is 2.56. The summed E-state index contributed by atoms with van der Waals surface area (Å²) in [6.07, 6.45) is 2.31. The fourth-order valence-electron chi connectivity index (χ4n) is 3.18. The lowest BCUT2D eigenvalue weighted by Gasteiger charge is -2.35. The van der Waals surface area contributed by atoms with E-state index in [0.717, 1.165) is 17.9 Å². The second-order valence-electron chi connectivity index (χ2n) is 6.25. The van der Waals surface area contributed by atoms with E-state index in [2.05, 4.69) is 22.0 Å². The highest BCUT2D eigenvalue weighted by molar-refractivity contribution is 7.91. The van der Waals surface area contributed by atoms with Crippen LogP contribution in [0.2, 0.25) is 5.02 Å². The van der Waals surface area contributed by atoms with Gasteiger partial charge in [-0.1, -0.05) is 48.9 Å². The van der Waals surface area contributed by atoms with Crippen molar-refractivity contribution in [2.24, 2.45) is 5.92 Å². The molecule has 0 bridgehead atoms. The Morgan fingerprint density at radius 2 is 2.04 bits per heavy atom. The molecule has 0 radical (unpaired) electrons. The van der Waals surface area contributed by atoms with Gasteiger partial charge in [-0.2, -0.15) is 0 Å². The highest BCUT2D eigenvalue weighted by Gasteiger charge is 2.28. The smallest absolute Gasteiger partial charge is 0.150 e. The SMILES string of the molecule is CCS(=O)(=O)C[C@H]1Cc2ncc(Cl)cc2N(Cc2ccccc2)C1. The van der Waals surface area contributed by atoms with Crippen molar-refractivity contribution in [1.82, 2.24) is 4.98 Å². The maximum atomic E-state index is 12.0. The van der Waals surface area contributed by atoms with Crippen LogP contribution >= 0.6 is 11.6 Å². The minimum Gasteiger partial charge on any atom is -0.365 e. The molecule has 0 amide bonds. The van der Waals surface area contributed by atoms with Crippen molar-refractivity contribution >= 4 is 27.1 Å². The number of hydrogen-bond donors (Lipinski definition) is 0. The Labute approximate surface area is 148 Å². The van der Waals surface area contributed by atoms with Gasteiger partial charge in [0.2, 0.25) is 0 Å². The number of aromatic nitrogens is 1. The van der Waals surface area contributed by atoms with Gasteiger partial charge in [-0.15, -0.1) is 0 Å². The second-order valence-corrected chi connectivity index (χ2v) is 9.09. The van der Waals surface area contributed by atoms with E-state index in [1.807, 2.05) is 24.3 Å². The van der Waals surface area contributed by atoms with Crippen LogP contribution in [-0.4, -0.2) is 31.5 Å². The Balaban J connectivity index is 1.89. The van der Waals surface area contributed by atoms with E-state index in [1.165, 1.54) is 5.56 Å². The molecule has 1 aliphatic heterocycles.